The number of nitrogens with zero attached hydrogens (tertiary/aromatic N) is 1. The van der Waals surface area contributed by atoms with Crippen LogP contribution in [-0.4, -0.2) is 11.7 Å². The van der Waals surface area contributed by atoms with Gasteiger partial charge in [-0.05, 0) is 55.5 Å². The summed E-state index contributed by atoms with van der Waals surface area (Å²) in [5, 5.41) is 3.57. The van der Waals surface area contributed by atoms with Crippen LogP contribution < -0.4 is 10.2 Å². The number of furan rings is 1. The number of aryl methyl sites for hydroxylation is 1. The fraction of sp³-hybridized carbons (Fsp3) is 0.333. The van der Waals surface area contributed by atoms with E-state index in [0.717, 1.165) is 41.9 Å². The summed E-state index contributed by atoms with van der Waals surface area (Å²) in [6.45, 7) is 4.20. The first-order valence-corrected chi connectivity index (χ1v) is 12.6. The molecular formula is C30H32N2O3. The Morgan fingerprint density at radius 1 is 1.03 bits per heavy atom. The lowest BCUT2D eigenvalue weighted by molar-refractivity contribution is -0.119. The number of unbranched alkanes of at least 4 members (excludes halogenated alkanes) is 2. The second-order valence-corrected chi connectivity index (χ2v) is 9.61. The summed E-state index contributed by atoms with van der Waals surface area (Å²) in [6.07, 6.45) is 6.02. The van der Waals surface area contributed by atoms with E-state index in [2.05, 4.69) is 43.4 Å². The van der Waals surface area contributed by atoms with Crippen molar-refractivity contribution in [2.75, 3.05) is 10.2 Å². The number of hydrogen-bond donors (Lipinski definition) is 1. The van der Waals surface area contributed by atoms with Crippen LogP contribution in [0.1, 0.15) is 74.3 Å². The Bertz CT molecular complexity index is 1240. The Kier molecular flexibility index (Phi) is 6.58. The normalized spacial score (nSPS) is 19.6. The number of Topliss-reactive ketones (excluding diaryl/α,β-unsaturated/α-hetero) is 1. The lowest BCUT2D eigenvalue weighted by Gasteiger charge is -2.33. The van der Waals surface area contributed by atoms with Crippen LogP contribution in [0.2, 0.25) is 0 Å². The van der Waals surface area contributed by atoms with Crippen molar-refractivity contribution in [1.82, 2.24) is 0 Å². The quantitative estimate of drug-likeness (QED) is 0.393. The largest absolute Gasteiger partial charge is 0.467 e. The molecule has 0 bridgehead atoms. The van der Waals surface area contributed by atoms with Crippen molar-refractivity contribution in [2.45, 2.75) is 64.3 Å². The highest BCUT2D eigenvalue weighted by Crippen LogP contribution is 2.47. The zero-order valence-electron chi connectivity index (χ0n) is 20.4. The van der Waals surface area contributed by atoms with Gasteiger partial charge in [0.05, 0.1) is 17.6 Å². The lowest BCUT2D eigenvalue weighted by atomic mass is 9.79. The predicted octanol–water partition coefficient (Wildman–Crippen LogP) is 7.07. The number of carbonyl (C=O) groups is 2. The molecule has 1 amide bonds. The van der Waals surface area contributed by atoms with E-state index in [0.29, 0.717) is 30.6 Å². The van der Waals surface area contributed by atoms with Crippen LogP contribution in [0.4, 0.5) is 11.4 Å². The molecule has 0 fully saturated rings. The summed E-state index contributed by atoms with van der Waals surface area (Å²) in [4.78, 5) is 29.4. The third kappa shape index (κ3) is 4.55. The predicted molar refractivity (Wildman–Crippen MR) is 138 cm³/mol. The molecule has 2 aliphatic rings. The Hall–Kier alpha value is -3.60. The zero-order chi connectivity index (χ0) is 24.4. The van der Waals surface area contributed by atoms with Crippen molar-refractivity contribution in [1.29, 1.82) is 0 Å². The highest BCUT2D eigenvalue weighted by molar-refractivity contribution is 6.06. The maximum atomic E-state index is 13.8. The first-order valence-electron chi connectivity index (χ1n) is 12.6. The van der Waals surface area contributed by atoms with Crippen LogP contribution in [0, 0.1) is 6.92 Å². The topological polar surface area (TPSA) is 62.6 Å². The van der Waals surface area contributed by atoms with Crippen LogP contribution in [0.5, 0.6) is 0 Å². The van der Waals surface area contributed by atoms with E-state index in [4.69, 9.17) is 4.42 Å². The summed E-state index contributed by atoms with van der Waals surface area (Å²) in [5.41, 5.74) is 5.51. The molecule has 1 aliphatic heterocycles. The van der Waals surface area contributed by atoms with Crippen molar-refractivity contribution in [3.8, 4) is 0 Å². The van der Waals surface area contributed by atoms with E-state index >= 15 is 0 Å². The fourth-order valence-corrected chi connectivity index (χ4v) is 5.30. The molecule has 0 radical (unpaired) electrons. The number of carbonyl (C=O) groups excluding carboxylic acids is 2. The average Bonchev–Trinajstić information content (AvgIpc) is 3.34. The number of allylic oxidation sites excluding steroid dienone is 1. The van der Waals surface area contributed by atoms with Gasteiger partial charge in [-0.1, -0.05) is 61.7 Å². The van der Waals surface area contributed by atoms with E-state index in [1.807, 2.05) is 36.4 Å². The first-order chi connectivity index (χ1) is 17.1. The zero-order valence-corrected chi connectivity index (χ0v) is 20.4. The number of ketones is 1. The van der Waals surface area contributed by atoms with Crippen molar-refractivity contribution in [3.63, 3.8) is 0 Å². The van der Waals surface area contributed by atoms with Crippen LogP contribution in [0.25, 0.3) is 0 Å². The summed E-state index contributed by atoms with van der Waals surface area (Å²) in [7, 11) is 0. The van der Waals surface area contributed by atoms with Gasteiger partial charge in [0.25, 0.3) is 0 Å². The smallest absolute Gasteiger partial charge is 0.228 e. The summed E-state index contributed by atoms with van der Waals surface area (Å²) in [5.74, 6) is 0.772. The van der Waals surface area contributed by atoms with Gasteiger partial charge in [-0.25, -0.2) is 0 Å². The second kappa shape index (κ2) is 9.95. The van der Waals surface area contributed by atoms with Gasteiger partial charge >= 0.3 is 0 Å². The molecule has 2 aromatic carbocycles. The van der Waals surface area contributed by atoms with Gasteiger partial charge in [-0.2, -0.15) is 0 Å². The van der Waals surface area contributed by atoms with E-state index in [-0.39, 0.29) is 17.6 Å². The number of fused-ring (bicyclic) bond motifs is 1. The number of amides is 1. The average molecular weight is 469 g/mol. The molecular weight excluding hydrogens is 436 g/mol. The van der Waals surface area contributed by atoms with Gasteiger partial charge in [-0.15, -0.1) is 0 Å². The molecule has 1 N–H and O–H groups in total. The molecule has 3 aromatic rings. The monoisotopic (exact) mass is 468 g/mol. The lowest BCUT2D eigenvalue weighted by Crippen LogP contribution is -2.38. The Balaban J connectivity index is 1.62. The Morgan fingerprint density at radius 2 is 1.83 bits per heavy atom. The number of nitrogens with one attached hydrogen (secondary N) is 1. The summed E-state index contributed by atoms with van der Waals surface area (Å²) >= 11 is 0. The number of benzene rings is 2. The van der Waals surface area contributed by atoms with Crippen molar-refractivity contribution in [2.24, 2.45) is 0 Å². The van der Waals surface area contributed by atoms with Crippen LogP contribution in [0.3, 0.4) is 0 Å². The number of anilines is 2. The molecule has 35 heavy (non-hydrogen) atoms. The Morgan fingerprint density at radius 3 is 2.57 bits per heavy atom. The van der Waals surface area contributed by atoms with E-state index in [1.165, 1.54) is 5.56 Å². The van der Waals surface area contributed by atoms with Crippen LogP contribution in [0.15, 0.2) is 82.6 Å². The number of para-hydroxylation sites is 2. The van der Waals surface area contributed by atoms with Gasteiger partial charge in [0.1, 0.15) is 11.8 Å². The second-order valence-electron chi connectivity index (χ2n) is 9.61. The minimum Gasteiger partial charge on any atom is -0.467 e. The van der Waals surface area contributed by atoms with Crippen molar-refractivity contribution >= 4 is 23.1 Å². The molecule has 2 heterocycles. The molecule has 2 atom stereocenters. The SMILES string of the molecule is CCCCCC(=O)N1c2ccccc2NC2=C(C(=O)C[C@H](c3ccc(C)cc3)C2)[C@@H]1c1ccco1. The molecule has 0 saturated carbocycles. The molecule has 1 aromatic heterocycles. The molecule has 180 valence electrons. The molecule has 0 saturated heterocycles. The van der Waals surface area contributed by atoms with Crippen LogP contribution >= 0.6 is 0 Å². The molecule has 1 aliphatic carbocycles. The molecule has 5 heteroatoms. The third-order valence-electron chi connectivity index (χ3n) is 7.11. The van der Waals surface area contributed by atoms with Crippen molar-refractivity contribution in [3.05, 3.63) is 95.1 Å². The molecule has 0 unspecified atom stereocenters. The van der Waals surface area contributed by atoms with Gasteiger partial charge in [0, 0.05) is 24.1 Å². The maximum Gasteiger partial charge on any atom is 0.228 e. The standard InChI is InChI=1S/C30H32N2O3/c1-3-4-5-12-28(34)32-25-10-7-6-9-23(25)31-24-18-22(21-15-13-20(2)14-16-21)19-26(33)29(24)30(32)27-11-8-17-35-27/h6-11,13-17,22,30-31H,3-5,12,18-19H2,1-2H3/t22-,30+/m1/s1. The molecule has 5 rings (SSSR count). The van der Waals surface area contributed by atoms with Crippen molar-refractivity contribution < 1.29 is 14.0 Å². The number of rotatable bonds is 6. The number of hydrogen-bond acceptors (Lipinski definition) is 4. The summed E-state index contributed by atoms with van der Waals surface area (Å²) in [6, 6.07) is 19.4. The highest BCUT2D eigenvalue weighted by Gasteiger charge is 2.42. The van der Waals surface area contributed by atoms with Gasteiger partial charge < -0.3 is 9.73 Å². The fourth-order valence-electron chi connectivity index (χ4n) is 5.30. The van der Waals surface area contributed by atoms with E-state index < -0.39 is 6.04 Å². The van der Waals surface area contributed by atoms with Gasteiger partial charge in [-0.3, -0.25) is 14.5 Å². The molecule has 0 spiro atoms. The molecule has 5 nitrogen and oxygen atoms in total. The van der Waals surface area contributed by atoms with E-state index in [9.17, 15) is 9.59 Å². The highest BCUT2D eigenvalue weighted by atomic mass is 16.3. The van der Waals surface area contributed by atoms with Gasteiger partial charge in [0.15, 0.2) is 5.78 Å². The Labute approximate surface area is 206 Å². The minimum atomic E-state index is -0.586. The summed E-state index contributed by atoms with van der Waals surface area (Å²) < 4.78 is 5.86. The van der Waals surface area contributed by atoms with E-state index in [1.54, 1.807) is 11.2 Å². The first kappa shape index (κ1) is 23.2. The minimum absolute atomic E-state index is 0.0105. The maximum absolute atomic E-state index is 13.8. The third-order valence-corrected chi connectivity index (χ3v) is 7.11. The van der Waals surface area contributed by atoms with Gasteiger partial charge in [0.2, 0.25) is 5.91 Å². The van der Waals surface area contributed by atoms with Crippen LogP contribution in [-0.2, 0) is 9.59 Å².